The number of aliphatic hydroxyl groups is 1. The topological polar surface area (TPSA) is 136 Å². The van der Waals surface area contributed by atoms with E-state index in [0.717, 1.165) is 72.0 Å². The highest BCUT2D eigenvalue weighted by molar-refractivity contribution is 5.86. The highest BCUT2D eigenvalue weighted by Crippen LogP contribution is 2.40. The van der Waals surface area contributed by atoms with E-state index in [1.165, 1.54) is 32.1 Å². The van der Waals surface area contributed by atoms with Crippen molar-refractivity contribution in [1.29, 1.82) is 0 Å². The number of benzene rings is 4. The normalized spacial score (nSPS) is 12.7. The zero-order valence-corrected chi connectivity index (χ0v) is 40.0. The molecule has 1 fully saturated rings. The van der Waals surface area contributed by atoms with Gasteiger partial charge in [-0.1, -0.05) is 56.6 Å². The molecule has 1 saturated heterocycles. The fourth-order valence-electron chi connectivity index (χ4n) is 8.60. The Bertz CT molecular complexity index is 2990. The number of aromatic nitrogens is 4. The average Bonchev–Trinajstić information content (AvgIpc) is 4.21. The fraction of sp³-hybridized carbons (Fsp3) is 0.426. The molecule has 0 spiro atoms. The van der Waals surface area contributed by atoms with Crippen LogP contribution in [0.1, 0.15) is 93.4 Å². The molecule has 1 aliphatic heterocycles. The summed E-state index contributed by atoms with van der Waals surface area (Å²) in [6, 6.07) is 21.9. The molecule has 1 aliphatic rings. The van der Waals surface area contributed by atoms with Crippen LogP contribution in [0.5, 0.6) is 11.5 Å². The average molecular weight is 1010 g/mol. The fourth-order valence-corrected chi connectivity index (χ4v) is 8.60. The first-order valence-corrected chi connectivity index (χ1v) is 23.9. The number of halogens is 6. The maximum Gasteiger partial charge on any atom is 0.437 e. The van der Waals surface area contributed by atoms with E-state index in [0.29, 0.717) is 68.1 Å². The van der Waals surface area contributed by atoms with E-state index < -0.39 is 23.7 Å². The van der Waals surface area contributed by atoms with E-state index in [1.807, 2.05) is 62.6 Å². The van der Waals surface area contributed by atoms with Gasteiger partial charge in [0.25, 0.3) is 0 Å². The number of nitrogens with zero attached hydrogens (tertiary/aromatic N) is 4. The summed E-state index contributed by atoms with van der Waals surface area (Å²) in [5, 5.41) is 17.7. The van der Waals surface area contributed by atoms with Crippen molar-refractivity contribution in [2.45, 2.75) is 111 Å². The standard InChI is InChI=1S/C25H25F3N2O4.C24H25F3N2O3.C4H8O.CH4/c1-3-5-18-21(9-7-19-23(18)34-29-24(19)25(26,27)28)33-13-4-11-30-12-10-17-14-16(6-8-20(17)30)15-22(31)32-2;1-2-4-18-21(8-6-19-22(18)32-28-23(19)24(25,26)27)31-14-3-11-29-12-9-17-15-16(10-13-30)5-7-20(17)29;1-2-4-5-3-1;/h6-10,12,14H,3-5,11,13,15H2,1-2H3;5-9,12,15,30H,2-4,10-11,13-14H2,1H3;1-4H2;1H4. The molecule has 0 saturated carbocycles. The van der Waals surface area contributed by atoms with Crippen molar-refractivity contribution in [3.05, 3.63) is 119 Å². The summed E-state index contributed by atoms with van der Waals surface area (Å²) in [6.45, 7) is 8.28. The third-order valence-electron chi connectivity index (χ3n) is 12.0. The number of hydrogen-bond acceptors (Lipinski definition) is 10. The highest BCUT2D eigenvalue weighted by atomic mass is 19.4. The molecule has 4 aromatic heterocycles. The molecule has 388 valence electrons. The SMILES string of the molecule is C.C1CCOC1.CCCc1c(OCCCn2ccc3cc(CC(=O)OC)ccc32)ccc2c(C(F)(F)F)noc12.CCCc1c(OCCCn2ccc3cc(CCO)ccc32)ccc2c(C(F)(F)F)noc12. The molecule has 72 heavy (non-hydrogen) atoms. The molecule has 1 N–H and O–H groups in total. The molecule has 5 heterocycles. The summed E-state index contributed by atoms with van der Waals surface area (Å²) in [6.07, 6.45) is 2.25. The molecular formula is C54H62F6N4O8. The predicted octanol–water partition coefficient (Wildman–Crippen LogP) is 13.1. The third kappa shape index (κ3) is 13.5. The smallest absolute Gasteiger partial charge is 0.437 e. The Balaban J connectivity index is 0.000000212. The molecular weight excluding hydrogens is 947 g/mol. The maximum atomic E-state index is 13.2. The molecule has 0 amide bonds. The highest BCUT2D eigenvalue weighted by Gasteiger charge is 2.39. The summed E-state index contributed by atoms with van der Waals surface area (Å²) < 4.78 is 115. The van der Waals surface area contributed by atoms with E-state index in [9.17, 15) is 31.1 Å². The minimum atomic E-state index is -4.57. The molecule has 18 heteroatoms. The lowest BCUT2D eigenvalue weighted by Gasteiger charge is -2.12. The summed E-state index contributed by atoms with van der Waals surface area (Å²) in [5.41, 5.74) is 3.63. The number of fused-ring (bicyclic) bond motifs is 4. The monoisotopic (exact) mass is 1010 g/mol. The van der Waals surface area contributed by atoms with E-state index >= 15 is 0 Å². The number of methoxy groups -OCH3 is 1. The quantitative estimate of drug-likeness (QED) is 0.0502. The maximum absolute atomic E-state index is 13.2. The zero-order chi connectivity index (χ0) is 50.5. The second-order valence-corrected chi connectivity index (χ2v) is 17.2. The van der Waals surface area contributed by atoms with Crippen LogP contribution >= 0.6 is 0 Å². The van der Waals surface area contributed by atoms with Crippen molar-refractivity contribution in [3.8, 4) is 11.5 Å². The van der Waals surface area contributed by atoms with Crippen LogP contribution in [0.2, 0.25) is 0 Å². The van der Waals surface area contributed by atoms with E-state index in [-0.39, 0.29) is 48.4 Å². The molecule has 0 radical (unpaired) electrons. The lowest BCUT2D eigenvalue weighted by atomic mass is 10.0. The Labute approximate surface area is 413 Å². The number of carbonyl (C=O) groups excluding carboxylic acids is 1. The Kier molecular flexibility index (Phi) is 19.2. The number of esters is 1. The lowest BCUT2D eigenvalue weighted by Crippen LogP contribution is -2.07. The number of aryl methyl sites for hydroxylation is 4. The van der Waals surface area contributed by atoms with Crippen molar-refractivity contribution in [2.24, 2.45) is 0 Å². The Morgan fingerprint density at radius 2 is 1.14 bits per heavy atom. The van der Waals surface area contributed by atoms with E-state index in [4.69, 9.17) is 33.1 Å². The predicted molar refractivity (Wildman–Crippen MR) is 263 cm³/mol. The summed E-state index contributed by atoms with van der Waals surface area (Å²) in [7, 11) is 1.37. The number of alkyl halides is 6. The van der Waals surface area contributed by atoms with Gasteiger partial charge in [0.1, 0.15) is 11.5 Å². The Morgan fingerprint density at radius 1 is 0.667 bits per heavy atom. The number of aliphatic hydroxyl groups excluding tert-OH is 1. The van der Waals surface area contributed by atoms with Crippen LogP contribution in [0.3, 0.4) is 0 Å². The van der Waals surface area contributed by atoms with Crippen LogP contribution < -0.4 is 9.47 Å². The molecule has 0 unspecified atom stereocenters. The first kappa shape index (κ1) is 54.8. The Hall–Kier alpha value is -6.53. The van der Waals surface area contributed by atoms with Crippen molar-refractivity contribution in [3.63, 3.8) is 0 Å². The second-order valence-electron chi connectivity index (χ2n) is 17.2. The molecule has 0 bridgehead atoms. The molecule has 8 aromatic rings. The van der Waals surface area contributed by atoms with Crippen molar-refractivity contribution < 1.29 is 64.2 Å². The zero-order valence-electron chi connectivity index (χ0n) is 40.0. The number of hydrogen-bond donors (Lipinski definition) is 1. The number of carbonyl (C=O) groups is 1. The lowest BCUT2D eigenvalue weighted by molar-refractivity contribution is -0.142. The number of ether oxygens (including phenoxy) is 4. The first-order chi connectivity index (χ1) is 34.2. The van der Waals surface area contributed by atoms with Gasteiger partial charge in [-0.05, 0) is 128 Å². The van der Waals surface area contributed by atoms with Gasteiger partial charge in [-0.25, -0.2) is 0 Å². The molecule has 4 aromatic carbocycles. The van der Waals surface area contributed by atoms with Crippen LogP contribution in [0.25, 0.3) is 43.7 Å². The van der Waals surface area contributed by atoms with Crippen molar-refractivity contribution in [2.75, 3.05) is 40.1 Å². The van der Waals surface area contributed by atoms with Gasteiger partial charge in [0.15, 0.2) is 22.6 Å². The summed E-state index contributed by atoms with van der Waals surface area (Å²) >= 11 is 0. The van der Waals surface area contributed by atoms with Gasteiger partial charge >= 0.3 is 18.3 Å². The van der Waals surface area contributed by atoms with E-state index in [1.54, 1.807) is 12.1 Å². The van der Waals surface area contributed by atoms with Gasteiger partial charge in [-0.3, -0.25) is 4.79 Å². The van der Waals surface area contributed by atoms with Crippen molar-refractivity contribution in [1.82, 2.24) is 19.4 Å². The Morgan fingerprint density at radius 3 is 1.56 bits per heavy atom. The van der Waals surface area contributed by atoms with Gasteiger partial charge in [-0.2, -0.15) is 26.3 Å². The van der Waals surface area contributed by atoms with Crippen LogP contribution in [-0.4, -0.2) is 70.7 Å². The summed E-state index contributed by atoms with van der Waals surface area (Å²) in [4.78, 5) is 11.5. The summed E-state index contributed by atoms with van der Waals surface area (Å²) in [5.74, 6) is 0.774. The van der Waals surface area contributed by atoms with Crippen LogP contribution in [0.4, 0.5) is 26.3 Å². The molecule has 12 nitrogen and oxygen atoms in total. The third-order valence-corrected chi connectivity index (χ3v) is 12.0. The van der Waals surface area contributed by atoms with Crippen LogP contribution in [0, 0.1) is 0 Å². The van der Waals surface area contributed by atoms with E-state index in [2.05, 4.69) is 31.6 Å². The van der Waals surface area contributed by atoms with Crippen LogP contribution in [0.15, 0.2) is 94.2 Å². The second kappa shape index (κ2) is 25.2. The molecule has 0 aliphatic carbocycles. The number of rotatable bonds is 18. The van der Waals surface area contributed by atoms with Gasteiger partial charge in [0.2, 0.25) is 0 Å². The van der Waals surface area contributed by atoms with Crippen LogP contribution in [-0.2, 0) is 65.4 Å². The van der Waals surface area contributed by atoms with Gasteiger partial charge in [-0.15, -0.1) is 0 Å². The molecule has 9 rings (SSSR count). The largest absolute Gasteiger partial charge is 0.493 e. The minimum Gasteiger partial charge on any atom is -0.493 e. The van der Waals surface area contributed by atoms with Crippen molar-refractivity contribution >= 4 is 49.7 Å². The molecule has 0 atom stereocenters. The minimum absolute atomic E-state index is 0. The van der Waals surface area contributed by atoms with Gasteiger partial charge in [0.05, 0.1) is 37.5 Å². The van der Waals surface area contributed by atoms with Gasteiger partial charge in [0, 0.05) is 67.5 Å². The first-order valence-electron chi connectivity index (χ1n) is 23.9. The van der Waals surface area contributed by atoms with Gasteiger partial charge < -0.3 is 42.2 Å².